The van der Waals surface area contributed by atoms with E-state index in [1.807, 2.05) is 78.9 Å². The van der Waals surface area contributed by atoms with Crippen LogP contribution in [0, 0.1) is 0 Å². The Balaban J connectivity index is 1.38. The van der Waals surface area contributed by atoms with Crippen LogP contribution in [0.4, 0.5) is 0 Å². The second-order valence-electron chi connectivity index (χ2n) is 6.94. The number of carbonyl (C=O) groups excluding carboxylic acids is 1. The number of methoxy groups -OCH3 is 1. The Morgan fingerprint density at radius 3 is 2.66 bits per heavy atom. The highest BCUT2D eigenvalue weighted by Gasteiger charge is 2.11. The molecule has 3 aromatic carbocycles. The normalized spacial score (nSPS) is 10.8. The zero-order valence-corrected chi connectivity index (χ0v) is 17.5. The number of hydrazone groups is 1. The number of ether oxygens (including phenoxy) is 2. The molecule has 0 bridgehead atoms. The summed E-state index contributed by atoms with van der Waals surface area (Å²) in [5, 5.41) is 11.0. The van der Waals surface area contributed by atoms with Crippen molar-refractivity contribution in [2.24, 2.45) is 5.10 Å². The van der Waals surface area contributed by atoms with Crippen LogP contribution in [-0.4, -0.2) is 29.4 Å². The van der Waals surface area contributed by atoms with E-state index >= 15 is 0 Å². The van der Waals surface area contributed by atoms with Gasteiger partial charge < -0.3 is 9.47 Å². The number of rotatable bonds is 8. The number of hydrogen-bond acceptors (Lipinski definition) is 5. The summed E-state index contributed by atoms with van der Waals surface area (Å²) in [4.78, 5) is 12.4. The van der Waals surface area contributed by atoms with E-state index in [9.17, 15) is 4.79 Å². The molecule has 1 heterocycles. The average Bonchev–Trinajstić information content (AvgIpc) is 3.34. The van der Waals surface area contributed by atoms with Gasteiger partial charge in [-0.2, -0.15) is 10.2 Å². The van der Waals surface area contributed by atoms with Gasteiger partial charge in [0.25, 0.3) is 5.91 Å². The van der Waals surface area contributed by atoms with Gasteiger partial charge in [-0.05, 0) is 41.5 Å². The molecule has 32 heavy (non-hydrogen) atoms. The molecule has 1 amide bonds. The Bertz CT molecular complexity index is 1220. The molecule has 0 atom stereocenters. The highest BCUT2D eigenvalue weighted by atomic mass is 16.5. The first-order valence-corrected chi connectivity index (χ1v) is 10.0. The maximum absolute atomic E-state index is 12.4. The first kappa shape index (κ1) is 20.9. The first-order valence-electron chi connectivity index (χ1n) is 10.0. The molecule has 7 nitrogen and oxygen atoms in total. The number of aromatic nitrogens is 2. The van der Waals surface area contributed by atoms with Crippen LogP contribution in [0.3, 0.4) is 0 Å². The second kappa shape index (κ2) is 10.1. The van der Waals surface area contributed by atoms with Gasteiger partial charge >= 0.3 is 0 Å². The molecule has 160 valence electrons. The highest BCUT2D eigenvalue weighted by molar-refractivity contribution is 5.94. The molecule has 0 fully saturated rings. The molecule has 0 unspecified atom stereocenters. The largest absolute Gasteiger partial charge is 0.497 e. The van der Waals surface area contributed by atoms with Crippen molar-refractivity contribution >= 4 is 12.1 Å². The van der Waals surface area contributed by atoms with Crippen molar-refractivity contribution in [3.8, 4) is 22.8 Å². The third-order valence-corrected chi connectivity index (χ3v) is 4.67. The van der Waals surface area contributed by atoms with Gasteiger partial charge in [0.15, 0.2) is 0 Å². The van der Waals surface area contributed by atoms with Gasteiger partial charge in [0, 0.05) is 5.56 Å². The van der Waals surface area contributed by atoms with Crippen molar-refractivity contribution in [1.82, 2.24) is 15.6 Å². The fraction of sp³-hybridized carbons (Fsp3) is 0.0800. The zero-order chi connectivity index (χ0) is 22.2. The number of amides is 1. The molecule has 7 heteroatoms. The quantitative estimate of drug-likeness (QED) is 0.322. The van der Waals surface area contributed by atoms with Crippen LogP contribution in [0.15, 0.2) is 90.0 Å². The van der Waals surface area contributed by atoms with Crippen LogP contribution in [0.2, 0.25) is 0 Å². The molecule has 0 radical (unpaired) electrons. The Morgan fingerprint density at radius 1 is 1.00 bits per heavy atom. The van der Waals surface area contributed by atoms with Crippen LogP contribution in [0.25, 0.3) is 11.3 Å². The summed E-state index contributed by atoms with van der Waals surface area (Å²) in [7, 11) is 1.60. The minimum absolute atomic E-state index is 0.304. The Morgan fingerprint density at radius 2 is 1.81 bits per heavy atom. The molecule has 0 aliphatic heterocycles. The van der Waals surface area contributed by atoms with E-state index < -0.39 is 0 Å². The summed E-state index contributed by atoms with van der Waals surface area (Å²) >= 11 is 0. The second-order valence-corrected chi connectivity index (χ2v) is 6.94. The van der Waals surface area contributed by atoms with Gasteiger partial charge in [0.1, 0.15) is 23.8 Å². The van der Waals surface area contributed by atoms with E-state index in [0.717, 1.165) is 22.4 Å². The molecule has 0 aliphatic rings. The standard InChI is InChI=1S/C25H22N4O3/c1-31-21-11-5-9-19(13-21)16-26-29-25(30)24-15-23(27-28-24)20-10-6-12-22(14-20)32-17-18-7-3-2-4-8-18/h2-16H,17H2,1H3,(H,27,28)(H,29,30)/b26-16+. The molecule has 0 saturated heterocycles. The van der Waals surface area contributed by atoms with Gasteiger partial charge in [-0.25, -0.2) is 5.43 Å². The van der Waals surface area contributed by atoms with Crippen LogP contribution >= 0.6 is 0 Å². The smallest absolute Gasteiger partial charge is 0.289 e. The molecule has 1 aromatic heterocycles. The number of hydrogen-bond donors (Lipinski definition) is 2. The lowest BCUT2D eigenvalue weighted by Gasteiger charge is -2.07. The number of H-pyrrole nitrogens is 1. The highest BCUT2D eigenvalue weighted by Crippen LogP contribution is 2.23. The number of benzene rings is 3. The maximum Gasteiger partial charge on any atom is 0.289 e. The zero-order valence-electron chi connectivity index (χ0n) is 17.5. The first-order chi connectivity index (χ1) is 15.7. The lowest BCUT2D eigenvalue weighted by molar-refractivity contribution is 0.0950. The third-order valence-electron chi connectivity index (χ3n) is 4.67. The van der Waals surface area contributed by atoms with Crippen molar-refractivity contribution in [3.05, 3.63) is 102 Å². The van der Waals surface area contributed by atoms with Crippen molar-refractivity contribution < 1.29 is 14.3 Å². The number of carbonyl (C=O) groups is 1. The van der Waals surface area contributed by atoms with E-state index in [1.165, 1.54) is 0 Å². The van der Waals surface area contributed by atoms with Gasteiger partial charge in [-0.3, -0.25) is 9.89 Å². The van der Waals surface area contributed by atoms with Gasteiger partial charge in [-0.15, -0.1) is 0 Å². The Labute approximate surface area is 185 Å². The van der Waals surface area contributed by atoms with Gasteiger partial charge in [0.2, 0.25) is 0 Å². The summed E-state index contributed by atoms with van der Waals surface area (Å²) in [6.07, 6.45) is 1.55. The maximum atomic E-state index is 12.4. The molecule has 4 aromatic rings. The fourth-order valence-electron chi connectivity index (χ4n) is 3.02. The summed E-state index contributed by atoms with van der Waals surface area (Å²) in [6, 6.07) is 26.6. The molecule has 0 spiro atoms. The Hall–Kier alpha value is -4.39. The van der Waals surface area contributed by atoms with Crippen LogP contribution < -0.4 is 14.9 Å². The minimum atomic E-state index is -0.389. The van der Waals surface area contributed by atoms with E-state index in [1.54, 1.807) is 19.4 Å². The minimum Gasteiger partial charge on any atom is -0.497 e. The van der Waals surface area contributed by atoms with Crippen LogP contribution in [0.1, 0.15) is 21.6 Å². The van der Waals surface area contributed by atoms with Gasteiger partial charge in [-0.1, -0.05) is 54.6 Å². The predicted molar refractivity (Wildman–Crippen MR) is 123 cm³/mol. The lowest BCUT2D eigenvalue weighted by Crippen LogP contribution is -2.18. The lowest BCUT2D eigenvalue weighted by atomic mass is 10.1. The van der Waals surface area contributed by atoms with Crippen LogP contribution in [-0.2, 0) is 6.61 Å². The van der Waals surface area contributed by atoms with Crippen LogP contribution in [0.5, 0.6) is 11.5 Å². The van der Waals surface area contributed by atoms with E-state index in [4.69, 9.17) is 9.47 Å². The number of nitrogens with zero attached hydrogens (tertiary/aromatic N) is 2. The third kappa shape index (κ3) is 5.40. The van der Waals surface area contributed by atoms with Crippen molar-refractivity contribution in [1.29, 1.82) is 0 Å². The van der Waals surface area contributed by atoms with Crippen molar-refractivity contribution in [2.45, 2.75) is 6.61 Å². The van der Waals surface area contributed by atoms with E-state index in [2.05, 4.69) is 20.7 Å². The molecule has 2 N–H and O–H groups in total. The molecular formula is C25H22N4O3. The van der Waals surface area contributed by atoms with Crippen molar-refractivity contribution in [3.63, 3.8) is 0 Å². The SMILES string of the molecule is COc1cccc(/C=N/NC(=O)c2cc(-c3cccc(OCc4ccccc4)c3)n[nH]2)c1. The van der Waals surface area contributed by atoms with E-state index in [0.29, 0.717) is 23.7 Å². The van der Waals surface area contributed by atoms with E-state index in [-0.39, 0.29) is 5.91 Å². The summed E-state index contributed by atoms with van der Waals surface area (Å²) in [6.45, 7) is 0.476. The monoisotopic (exact) mass is 426 g/mol. The molecule has 0 saturated carbocycles. The summed E-state index contributed by atoms with van der Waals surface area (Å²) < 4.78 is 11.0. The summed E-state index contributed by atoms with van der Waals surface area (Å²) in [5.74, 6) is 1.05. The molecule has 0 aliphatic carbocycles. The number of aromatic amines is 1. The topological polar surface area (TPSA) is 88.6 Å². The predicted octanol–water partition coefficient (Wildman–Crippen LogP) is 4.43. The number of nitrogens with one attached hydrogen (secondary N) is 2. The summed E-state index contributed by atoms with van der Waals surface area (Å²) in [5.41, 5.74) is 6.17. The van der Waals surface area contributed by atoms with Crippen molar-refractivity contribution in [2.75, 3.05) is 7.11 Å². The average molecular weight is 426 g/mol. The fourth-order valence-corrected chi connectivity index (χ4v) is 3.02. The molecule has 4 rings (SSSR count). The molecular weight excluding hydrogens is 404 g/mol. The van der Waals surface area contributed by atoms with Gasteiger partial charge in [0.05, 0.1) is 19.0 Å². The Kier molecular flexibility index (Phi) is 6.57.